The summed E-state index contributed by atoms with van der Waals surface area (Å²) in [6, 6.07) is 10.2. The Hall–Kier alpha value is -2.44. The lowest BCUT2D eigenvalue weighted by Crippen LogP contribution is -2.40. The number of rotatable bonds is 4. The maximum Gasteiger partial charge on any atom is 0.272 e. The number of carbonyl (C=O) groups excluding carboxylic acids is 2. The highest BCUT2D eigenvalue weighted by Gasteiger charge is 2.29. The van der Waals surface area contributed by atoms with Crippen molar-refractivity contribution in [3.8, 4) is 0 Å². The van der Waals surface area contributed by atoms with Gasteiger partial charge in [0.15, 0.2) is 0 Å². The molecule has 1 atom stereocenters. The van der Waals surface area contributed by atoms with Crippen LogP contribution in [0.15, 0.2) is 42.6 Å². The van der Waals surface area contributed by atoms with E-state index in [0.29, 0.717) is 31.0 Å². The Morgan fingerprint density at radius 2 is 1.81 bits per heavy atom. The number of amides is 2. The predicted molar refractivity (Wildman–Crippen MR) is 97.8 cm³/mol. The summed E-state index contributed by atoms with van der Waals surface area (Å²) < 4.78 is 0. The van der Waals surface area contributed by atoms with E-state index >= 15 is 0 Å². The molecule has 136 valence electrons. The lowest BCUT2D eigenvalue weighted by atomic mass is 9.87. The molecule has 1 unspecified atom stereocenters. The summed E-state index contributed by atoms with van der Waals surface area (Å²) in [5.74, 6) is -0.667. The van der Waals surface area contributed by atoms with Gasteiger partial charge in [-0.2, -0.15) is 0 Å². The lowest BCUT2D eigenvalue weighted by Gasteiger charge is -2.34. The fraction of sp³-hybridized carbons (Fsp3) is 0.316. The van der Waals surface area contributed by atoms with Gasteiger partial charge >= 0.3 is 0 Å². The van der Waals surface area contributed by atoms with Crippen molar-refractivity contribution in [1.29, 1.82) is 0 Å². The average molecular weight is 374 g/mol. The minimum Gasteiger partial charge on any atom is -0.388 e. The molecule has 0 saturated carbocycles. The number of primary amides is 1. The molecule has 6 nitrogen and oxygen atoms in total. The molecule has 3 rings (SSSR count). The minimum atomic E-state index is -0.575. The van der Waals surface area contributed by atoms with Crippen LogP contribution in [0, 0.1) is 5.92 Å². The van der Waals surface area contributed by atoms with Crippen molar-refractivity contribution in [2.24, 2.45) is 11.7 Å². The van der Waals surface area contributed by atoms with Gasteiger partial charge in [0.2, 0.25) is 5.91 Å². The monoisotopic (exact) mass is 373 g/mol. The molecule has 2 aromatic rings. The molecule has 1 aromatic carbocycles. The fourth-order valence-electron chi connectivity index (χ4n) is 3.18. The summed E-state index contributed by atoms with van der Waals surface area (Å²) in [6.45, 7) is 1.10. The van der Waals surface area contributed by atoms with E-state index in [-0.39, 0.29) is 23.1 Å². The molecule has 1 aliphatic heterocycles. The largest absolute Gasteiger partial charge is 0.388 e. The van der Waals surface area contributed by atoms with E-state index in [2.05, 4.69) is 4.98 Å². The van der Waals surface area contributed by atoms with E-state index in [0.717, 1.165) is 5.56 Å². The van der Waals surface area contributed by atoms with E-state index in [1.165, 1.54) is 18.3 Å². The molecular formula is C19H20ClN3O3. The van der Waals surface area contributed by atoms with Crippen molar-refractivity contribution in [3.63, 3.8) is 0 Å². The van der Waals surface area contributed by atoms with Crippen LogP contribution in [-0.2, 0) is 0 Å². The number of pyridine rings is 1. The number of aromatic nitrogens is 1. The predicted octanol–water partition coefficient (Wildman–Crippen LogP) is 2.42. The molecule has 1 aliphatic rings. The van der Waals surface area contributed by atoms with Crippen molar-refractivity contribution in [2.45, 2.75) is 18.9 Å². The maximum absolute atomic E-state index is 12.5. The Morgan fingerprint density at radius 3 is 2.35 bits per heavy atom. The van der Waals surface area contributed by atoms with Gasteiger partial charge in [0, 0.05) is 24.3 Å². The van der Waals surface area contributed by atoms with Crippen LogP contribution in [0.3, 0.4) is 0 Å². The van der Waals surface area contributed by atoms with Gasteiger partial charge in [-0.1, -0.05) is 23.7 Å². The van der Waals surface area contributed by atoms with Gasteiger partial charge in [-0.25, -0.2) is 0 Å². The molecule has 7 heteroatoms. The van der Waals surface area contributed by atoms with E-state index in [9.17, 15) is 14.7 Å². The van der Waals surface area contributed by atoms with Crippen molar-refractivity contribution in [1.82, 2.24) is 9.88 Å². The number of aliphatic hydroxyl groups is 1. The van der Waals surface area contributed by atoms with Crippen LogP contribution >= 0.6 is 11.6 Å². The summed E-state index contributed by atoms with van der Waals surface area (Å²) in [4.78, 5) is 29.4. The average Bonchev–Trinajstić information content (AvgIpc) is 2.67. The normalized spacial score (nSPS) is 16.3. The van der Waals surface area contributed by atoms with Crippen molar-refractivity contribution in [3.05, 3.63) is 64.4 Å². The molecule has 1 fully saturated rings. The summed E-state index contributed by atoms with van der Waals surface area (Å²) >= 11 is 5.88. The molecule has 1 aromatic heterocycles. The quantitative estimate of drug-likeness (QED) is 0.860. The first-order valence-corrected chi connectivity index (χ1v) is 8.82. The number of carbonyl (C=O) groups is 2. The van der Waals surface area contributed by atoms with E-state index in [1.54, 1.807) is 17.0 Å². The molecule has 0 radical (unpaired) electrons. The topological polar surface area (TPSA) is 96.5 Å². The van der Waals surface area contributed by atoms with Crippen LogP contribution in [-0.4, -0.2) is 39.9 Å². The number of benzene rings is 1. The third-order valence-electron chi connectivity index (χ3n) is 4.75. The summed E-state index contributed by atoms with van der Waals surface area (Å²) in [5.41, 5.74) is 6.57. The van der Waals surface area contributed by atoms with Gasteiger partial charge in [-0.05, 0) is 48.6 Å². The maximum atomic E-state index is 12.5. The fourth-order valence-corrected chi connectivity index (χ4v) is 3.30. The summed E-state index contributed by atoms with van der Waals surface area (Å²) in [7, 11) is 0. The molecule has 3 N–H and O–H groups in total. The third-order valence-corrected chi connectivity index (χ3v) is 5.00. The van der Waals surface area contributed by atoms with E-state index in [1.807, 2.05) is 12.1 Å². The molecule has 0 spiro atoms. The van der Waals surface area contributed by atoms with Crippen LogP contribution in [0.2, 0.25) is 5.02 Å². The molecule has 2 amide bonds. The number of piperidine rings is 1. The zero-order valence-corrected chi connectivity index (χ0v) is 14.9. The smallest absolute Gasteiger partial charge is 0.272 e. The van der Waals surface area contributed by atoms with Crippen LogP contribution in [0.25, 0.3) is 0 Å². The van der Waals surface area contributed by atoms with Crippen molar-refractivity contribution < 1.29 is 14.7 Å². The second kappa shape index (κ2) is 7.85. The first-order chi connectivity index (χ1) is 12.5. The zero-order chi connectivity index (χ0) is 18.7. The van der Waals surface area contributed by atoms with Gasteiger partial charge in [0.1, 0.15) is 5.69 Å². The molecule has 1 saturated heterocycles. The minimum absolute atomic E-state index is 0.0884. The third kappa shape index (κ3) is 4.03. The van der Waals surface area contributed by atoms with E-state index < -0.39 is 12.0 Å². The number of likely N-dealkylation sites (tertiary alicyclic amines) is 1. The Morgan fingerprint density at radius 1 is 1.15 bits per heavy atom. The molecule has 2 heterocycles. The summed E-state index contributed by atoms with van der Waals surface area (Å²) in [6.07, 6.45) is 2.15. The standard InChI is InChI=1S/C19H20ClN3O3/c20-15-4-1-12(2-5-15)17(24)13-7-9-23(10-8-13)19(26)16-6-3-14(11-22-16)18(21)25/h1-6,11,13,17,24H,7-10H2,(H2,21,25). The van der Waals surface area contributed by atoms with Crippen molar-refractivity contribution in [2.75, 3.05) is 13.1 Å². The number of nitrogens with two attached hydrogens (primary N) is 1. The summed E-state index contributed by atoms with van der Waals surface area (Å²) in [5, 5.41) is 11.2. The van der Waals surface area contributed by atoms with Gasteiger partial charge < -0.3 is 15.7 Å². The highest BCUT2D eigenvalue weighted by atomic mass is 35.5. The second-order valence-electron chi connectivity index (χ2n) is 6.42. The number of aliphatic hydroxyl groups excluding tert-OH is 1. The Balaban J connectivity index is 1.59. The second-order valence-corrected chi connectivity index (χ2v) is 6.86. The number of hydrogen-bond donors (Lipinski definition) is 2. The van der Waals surface area contributed by atoms with Crippen LogP contribution in [0.4, 0.5) is 0 Å². The molecule has 0 aliphatic carbocycles. The SMILES string of the molecule is NC(=O)c1ccc(C(=O)N2CCC(C(O)c3ccc(Cl)cc3)CC2)nc1. The first-order valence-electron chi connectivity index (χ1n) is 8.44. The number of nitrogens with zero attached hydrogens (tertiary/aromatic N) is 2. The van der Waals surface area contributed by atoms with Gasteiger partial charge in [-0.3, -0.25) is 14.6 Å². The first kappa shape index (κ1) is 18.4. The molecule has 26 heavy (non-hydrogen) atoms. The highest BCUT2D eigenvalue weighted by molar-refractivity contribution is 6.30. The van der Waals surface area contributed by atoms with Gasteiger partial charge in [0.05, 0.1) is 11.7 Å². The Bertz CT molecular complexity index is 785. The van der Waals surface area contributed by atoms with E-state index in [4.69, 9.17) is 17.3 Å². The lowest BCUT2D eigenvalue weighted by molar-refractivity contribution is 0.0458. The Labute approximate surface area is 156 Å². The Kier molecular flexibility index (Phi) is 5.54. The van der Waals surface area contributed by atoms with Crippen LogP contribution in [0.1, 0.15) is 45.4 Å². The van der Waals surface area contributed by atoms with Gasteiger partial charge in [-0.15, -0.1) is 0 Å². The van der Waals surface area contributed by atoms with Crippen molar-refractivity contribution >= 4 is 23.4 Å². The zero-order valence-electron chi connectivity index (χ0n) is 14.1. The molecule has 0 bridgehead atoms. The van der Waals surface area contributed by atoms with Gasteiger partial charge in [0.25, 0.3) is 5.91 Å². The van der Waals surface area contributed by atoms with Crippen LogP contribution in [0.5, 0.6) is 0 Å². The highest BCUT2D eigenvalue weighted by Crippen LogP contribution is 2.31. The number of halogens is 1. The molecular weight excluding hydrogens is 354 g/mol. The van der Waals surface area contributed by atoms with Crippen LogP contribution < -0.4 is 5.73 Å². The number of hydrogen-bond acceptors (Lipinski definition) is 4.